The quantitative estimate of drug-likeness (QED) is 0.855. The summed E-state index contributed by atoms with van der Waals surface area (Å²) in [4.78, 5) is 11.5. The third-order valence-corrected chi connectivity index (χ3v) is 3.38. The van der Waals surface area contributed by atoms with Gasteiger partial charge in [0.15, 0.2) is 0 Å². The Morgan fingerprint density at radius 1 is 1.19 bits per heavy atom. The van der Waals surface area contributed by atoms with E-state index in [-0.39, 0.29) is 0 Å². The van der Waals surface area contributed by atoms with Gasteiger partial charge in [-0.05, 0) is 24.3 Å². The monoisotopic (exact) mass is 305 g/mol. The molecule has 2 aromatic rings. The van der Waals surface area contributed by atoms with Crippen LogP contribution in [0.4, 0.5) is 5.69 Å². The second kappa shape index (κ2) is 6.99. The van der Waals surface area contributed by atoms with Crippen molar-refractivity contribution in [3.05, 3.63) is 58.6 Å². The number of halogens is 1. The van der Waals surface area contributed by atoms with E-state index in [2.05, 4.69) is 5.32 Å². The Bertz CT molecular complexity index is 643. The van der Waals surface area contributed by atoms with E-state index < -0.39 is 5.97 Å². The minimum Gasteiger partial charge on any atom is -0.496 e. The van der Waals surface area contributed by atoms with Gasteiger partial charge in [-0.2, -0.15) is 0 Å². The van der Waals surface area contributed by atoms with Crippen LogP contribution in [-0.4, -0.2) is 20.2 Å². The van der Waals surface area contributed by atoms with Gasteiger partial charge in [-0.25, -0.2) is 4.79 Å². The van der Waals surface area contributed by atoms with Gasteiger partial charge >= 0.3 is 5.97 Å². The van der Waals surface area contributed by atoms with Crippen molar-refractivity contribution < 1.29 is 14.3 Å². The summed E-state index contributed by atoms with van der Waals surface area (Å²) in [5.41, 5.74) is 2.12. The predicted octanol–water partition coefficient (Wildman–Crippen LogP) is 3.75. The van der Waals surface area contributed by atoms with Crippen LogP contribution in [0.3, 0.4) is 0 Å². The molecule has 0 aliphatic rings. The van der Waals surface area contributed by atoms with E-state index in [1.165, 1.54) is 7.11 Å². The van der Waals surface area contributed by atoms with Crippen LogP contribution in [0, 0.1) is 0 Å². The first-order valence-corrected chi connectivity index (χ1v) is 6.77. The molecule has 0 aliphatic heterocycles. The largest absolute Gasteiger partial charge is 0.496 e. The fourth-order valence-corrected chi connectivity index (χ4v) is 2.13. The zero-order valence-corrected chi connectivity index (χ0v) is 12.6. The average Bonchev–Trinajstić information content (AvgIpc) is 2.53. The third-order valence-electron chi connectivity index (χ3n) is 3.05. The van der Waals surface area contributed by atoms with Crippen molar-refractivity contribution in [1.29, 1.82) is 0 Å². The highest BCUT2D eigenvalue weighted by Gasteiger charge is 2.09. The number of carbonyl (C=O) groups excluding carboxylic acids is 1. The number of para-hydroxylation sites is 1. The molecule has 0 saturated carbocycles. The Hall–Kier alpha value is -2.20. The van der Waals surface area contributed by atoms with Crippen LogP contribution in [0.5, 0.6) is 5.75 Å². The summed E-state index contributed by atoms with van der Waals surface area (Å²) in [6.07, 6.45) is 0. The SMILES string of the molecule is COC(=O)c1ccc(Cl)c(NCc2ccccc2OC)c1. The maximum Gasteiger partial charge on any atom is 0.337 e. The van der Waals surface area contributed by atoms with Gasteiger partial charge in [0.25, 0.3) is 0 Å². The minimum absolute atomic E-state index is 0.396. The first-order valence-electron chi connectivity index (χ1n) is 6.39. The molecular weight excluding hydrogens is 290 g/mol. The van der Waals surface area contributed by atoms with Crippen LogP contribution in [0.2, 0.25) is 5.02 Å². The zero-order chi connectivity index (χ0) is 15.2. The third kappa shape index (κ3) is 3.67. The van der Waals surface area contributed by atoms with Crippen LogP contribution in [-0.2, 0) is 11.3 Å². The molecule has 0 heterocycles. The van der Waals surface area contributed by atoms with Crippen molar-refractivity contribution in [2.45, 2.75) is 6.54 Å². The molecule has 0 aromatic heterocycles. The van der Waals surface area contributed by atoms with Crippen LogP contribution < -0.4 is 10.1 Å². The van der Waals surface area contributed by atoms with Crippen LogP contribution in [0.1, 0.15) is 15.9 Å². The molecule has 2 rings (SSSR count). The number of rotatable bonds is 5. The van der Waals surface area contributed by atoms with E-state index in [1.807, 2.05) is 24.3 Å². The lowest BCUT2D eigenvalue weighted by atomic mass is 10.1. The molecule has 0 saturated heterocycles. The Labute approximate surface area is 128 Å². The zero-order valence-electron chi connectivity index (χ0n) is 11.9. The van der Waals surface area contributed by atoms with E-state index in [0.29, 0.717) is 22.8 Å². The smallest absolute Gasteiger partial charge is 0.337 e. The fourth-order valence-electron chi connectivity index (χ4n) is 1.95. The van der Waals surface area contributed by atoms with Gasteiger partial charge in [0.2, 0.25) is 0 Å². The number of esters is 1. The van der Waals surface area contributed by atoms with E-state index in [1.54, 1.807) is 25.3 Å². The Kier molecular flexibility index (Phi) is 5.06. The number of carbonyl (C=O) groups is 1. The molecule has 0 bridgehead atoms. The summed E-state index contributed by atoms with van der Waals surface area (Å²) in [5.74, 6) is 0.400. The number of benzene rings is 2. The standard InChI is InChI=1S/C16H16ClNO3/c1-20-15-6-4-3-5-12(15)10-18-14-9-11(16(19)21-2)7-8-13(14)17/h3-9,18H,10H2,1-2H3. The second-order valence-electron chi connectivity index (χ2n) is 4.35. The van der Waals surface area contributed by atoms with Crippen LogP contribution >= 0.6 is 11.6 Å². The molecule has 0 fully saturated rings. The molecular formula is C16H16ClNO3. The molecule has 0 radical (unpaired) electrons. The summed E-state index contributed by atoms with van der Waals surface area (Å²) in [5, 5.41) is 3.74. The van der Waals surface area contributed by atoms with Crippen LogP contribution in [0.25, 0.3) is 0 Å². The first kappa shape index (κ1) is 15.2. The molecule has 0 amide bonds. The number of anilines is 1. The van der Waals surface area contributed by atoms with E-state index >= 15 is 0 Å². The minimum atomic E-state index is -0.396. The molecule has 0 unspecified atom stereocenters. The Balaban J connectivity index is 2.17. The van der Waals surface area contributed by atoms with E-state index in [9.17, 15) is 4.79 Å². The van der Waals surface area contributed by atoms with Gasteiger partial charge in [-0.15, -0.1) is 0 Å². The molecule has 5 heteroatoms. The molecule has 0 atom stereocenters. The van der Waals surface area contributed by atoms with Gasteiger partial charge in [0.05, 0.1) is 30.5 Å². The van der Waals surface area contributed by atoms with Crippen molar-refractivity contribution in [1.82, 2.24) is 0 Å². The molecule has 21 heavy (non-hydrogen) atoms. The van der Waals surface area contributed by atoms with Gasteiger partial charge < -0.3 is 14.8 Å². The Morgan fingerprint density at radius 3 is 2.67 bits per heavy atom. The second-order valence-corrected chi connectivity index (χ2v) is 4.76. The van der Waals surface area contributed by atoms with Crippen molar-refractivity contribution >= 4 is 23.3 Å². The lowest BCUT2D eigenvalue weighted by Crippen LogP contribution is -2.05. The molecule has 0 aliphatic carbocycles. The highest BCUT2D eigenvalue weighted by molar-refractivity contribution is 6.33. The van der Waals surface area contributed by atoms with E-state index in [4.69, 9.17) is 21.1 Å². The van der Waals surface area contributed by atoms with Crippen molar-refractivity contribution in [3.8, 4) is 5.75 Å². The normalized spacial score (nSPS) is 10.0. The van der Waals surface area contributed by atoms with Crippen molar-refractivity contribution in [2.24, 2.45) is 0 Å². The van der Waals surface area contributed by atoms with Crippen molar-refractivity contribution in [2.75, 3.05) is 19.5 Å². The van der Waals surface area contributed by atoms with Gasteiger partial charge in [-0.3, -0.25) is 0 Å². The number of ether oxygens (including phenoxy) is 2. The molecule has 110 valence electrons. The summed E-state index contributed by atoms with van der Waals surface area (Å²) in [6, 6.07) is 12.7. The Morgan fingerprint density at radius 2 is 1.95 bits per heavy atom. The predicted molar refractivity (Wildman–Crippen MR) is 83.1 cm³/mol. The summed E-state index contributed by atoms with van der Waals surface area (Å²) < 4.78 is 10.00. The summed E-state index contributed by atoms with van der Waals surface area (Å²) >= 11 is 6.14. The molecule has 0 spiro atoms. The lowest BCUT2D eigenvalue weighted by Gasteiger charge is -2.12. The maximum atomic E-state index is 11.5. The lowest BCUT2D eigenvalue weighted by molar-refractivity contribution is 0.0601. The number of hydrogen-bond acceptors (Lipinski definition) is 4. The average molecular weight is 306 g/mol. The highest BCUT2D eigenvalue weighted by atomic mass is 35.5. The highest BCUT2D eigenvalue weighted by Crippen LogP contribution is 2.25. The first-order chi connectivity index (χ1) is 10.2. The molecule has 1 N–H and O–H groups in total. The van der Waals surface area contributed by atoms with Crippen LogP contribution in [0.15, 0.2) is 42.5 Å². The van der Waals surface area contributed by atoms with Gasteiger partial charge in [0, 0.05) is 12.1 Å². The number of nitrogens with one attached hydrogen (secondary N) is 1. The number of hydrogen-bond donors (Lipinski definition) is 1. The fraction of sp³-hybridized carbons (Fsp3) is 0.188. The summed E-state index contributed by atoms with van der Waals surface area (Å²) in [6.45, 7) is 0.536. The molecule has 4 nitrogen and oxygen atoms in total. The van der Waals surface area contributed by atoms with Crippen molar-refractivity contribution in [3.63, 3.8) is 0 Å². The number of methoxy groups -OCH3 is 2. The van der Waals surface area contributed by atoms with Gasteiger partial charge in [0.1, 0.15) is 5.75 Å². The van der Waals surface area contributed by atoms with Gasteiger partial charge in [-0.1, -0.05) is 29.8 Å². The molecule has 2 aromatic carbocycles. The van der Waals surface area contributed by atoms with E-state index in [0.717, 1.165) is 11.3 Å². The maximum absolute atomic E-state index is 11.5. The summed E-state index contributed by atoms with van der Waals surface area (Å²) in [7, 11) is 2.97. The topological polar surface area (TPSA) is 47.6 Å².